The van der Waals surface area contributed by atoms with E-state index in [-0.39, 0.29) is 6.04 Å². The van der Waals surface area contributed by atoms with Crippen LogP contribution in [-0.4, -0.2) is 11.2 Å². The summed E-state index contributed by atoms with van der Waals surface area (Å²) in [5.74, 6) is 1.58. The molecule has 1 aromatic heterocycles. The lowest BCUT2D eigenvalue weighted by Crippen LogP contribution is -2.18. The maximum Gasteiger partial charge on any atom is 0.174 e. The summed E-state index contributed by atoms with van der Waals surface area (Å²) in [5.41, 5.74) is 7.79. The smallest absolute Gasteiger partial charge is 0.174 e. The van der Waals surface area contributed by atoms with Crippen LogP contribution in [0, 0.1) is 6.92 Å². The predicted molar refractivity (Wildman–Crippen MR) is 69.4 cm³/mol. The van der Waals surface area contributed by atoms with E-state index in [1.54, 1.807) is 0 Å². The highest BCUT2D eigenvalue weighted by Crippen LogP contribution is 2.20. The van der Waals surface area contributed by atoms with Crippen LogP contribution in [-0.2, 0) is 13.0 Å². The van der Waals surface area contributed by atoms with Crippen LogP contribution in [0.15, 0.2) is 34.9 Å². The van der Waals surface area contributed by atoms with E-state index in [0.717, 1.165) is 29.2 Å². The largest absolute Gasteiger partial charge is 0.485 e. The van der Waals surface area contributed by atoms with Crippen molar-refractivity contribution in [2.45, 2.75) is 32.9 Å². The molecule has 0 aliphatic carbocycles. The second-order valence-electron chi connectivity index (χ2n) is 4.51. The van der Waals surface area contributed by atoms with E-state index in [4.69, 9.17) is 15.0 Å². The van der Waals surface area contributed by atoms with Gasteiger partial charge in [-0.3, -0.25) is 0 Å². The fourth-order valence-corrected chi connectivity index (χ4v) is 1.79. The normalized spacial score (nSPS) is 12.4. The second kappa shape index (κ2) is 5.69. The third-order valence-corrected chi connectivity index (χ3v) is 2.56. The van der Waals surface area contributed by atoms with Crippen molar-refractivity contribution in [1.29, 1.82) is 0 Å². The van der Waals surface area contributed by atoms with Crippen molar-refractivity contribution in [1.82, 2.24) is 5.16 Å². The van der Waals surface area contributed by atoms with Crippen LogP contribution < -0.4 is 10.5 Å². The summed E-state index contributed by atoms with van der Waals surface area (Å²) in [6, 6.07) is 9.90. The zero-order valence-electron chi connectivity index (χ0n) is 10.7. The fraction of sp³-hybridized carbons (Fsp3) is 0.357. The molecule has 2 N–H and O–H groups in total. The van der Waals surface area contributed by atoms with E-state index in [2.05, 4.69) is 5.16 Å². The highest BCUT2D eigenvalue weighted by molar-refractivity contribution is 5.34. The molecule has 0 amide bonds. The van der Waals surface area contributed by atoms with E-state index in [9.17, 15) is 0 Å². The minimum absolute atomic E-state index is 0.113. The maximum absolute atomic E-state index is 5.82. The Bertz CT molecular complexity index is 506. The summed E-state index contributed by atoms with van der Waals surface area (Å²) < 4.78 is 10.9. The van der Waals surface area contributed by atoms with Gasteiger partial charge in [-0.2, -0.15) is 0 Å². The number of rotatable bonds is 5. The minimum atomic E-state index is 0.113. The van der Waals surface area contributed by atoms with Crippen LogP contribution in [0.1, 0.15) is 23.9 Å². The third kappa shape index (κ3) is 3.34. The molecule has 96 valence electrons. The van der Waals surface area contributed by atoms with Crippen LogP contribution in [0.25, 0.3) is 0 Å². The number of nitrogens with zero attached hydrogens (tertiary/aromatic N) is 1. The molecule has 0 bridgehead atoms. The van der Waals surface area contributed by atoms with Crippen molar-refractivity contribution in [2.75, 3.05) is 0 Å². The van der Waals surface area contributed by atoms with Crippen LogP contribution in [0.3, 0.4) is 0 Å². The Labute approximate surface area is 107 Å². The molecular weight excluding hydrogens is 228 g/mol. The topological polar surface area (TPSA) is 61.3 Å². The van der Waals surface area contributed by atoms with Gasteiger partial charge >= 0.3 is 0 Å². The molecule has 1 aromatic carbocycles. The van der Waals surface area contributed by atoms with Gasteiger partial charge in [-0.25, -0.2) is 0 Å². The first-order chi connectivity index (χ1) is 8.65. The molecule has 0 fully saturated rings. The van der Waals surface area contributed by atoms with E-state index in [1.807, 2.05) is 44.2 Å². The van der Waals surface area contributed by atoms with Gasteiger partial charge in [0, 0.05) is 12.1 Å². The Morgan fingerprint density at radius 3 is 2.83 bits per heavy atom. The van der Waals surface area contributed by atoms with E-state index >= 15 is 0 Å². The number of aromatic nitrogens is 1. The Kier molecular flexibility index (Phi) is 3.99. The molecule has 0 saturated carbocycles. The summed E-state index contributed by atoms with van der Waals surface area (Å²) in [6.07, 6.45) is 0.797. The molecule has 0 aliphatic heterocycles. The molecular formula is C14H18N2O2. The molecule has 2 rings (SSSR count). The number of hydrogen-bond acceptors (Lipinski definition) is 4. The molecule has 4 nitrogen and oxygen atoms in total. The van der Waals surface area contributed by atoms with Gasteiger partial charge in [0.2, 0.25) is 0 Å². The van der Waals surface area contributed by atoms with Crippen LogP contribution in [0.4, 0.5) is 0 Å². The van der Waals surface area contributed by atoms with E-state index < -0.39 is 0 Å². The molecule has 0 radical (unpaired) electrons. The van der Waals surface area contributed by atoms with Gasteiger partial charge in [-0.15, -0.1) is 0 Å². The Hall–Kier alpha value is -1.81. The van der Waals surface area contributed by atoms with Crippen molar-refractivity contribution in [3.05, 3.63) is 47.3 Å². The summed E-state index contributed by atoms with van der Waals surface area (Å²) in [5, 5.41) is 3.82. The van der Waals surface area contributed by atoms with Crippen LogP contribution >= 0.6 is 0 Å². The number of aryl methyl sites for hydroxylation is 1. The molecule has 1 unspecified atom stereocenters. The van der Waals surface area contributed by atoms with Gasteiger partial charge in [0.05, 0.1) is 5.69 Å². The molecule has 0 saturated heterocycles. The number of ether oxygens (including phenoxy) is 1. The SMILES string of the molecule is Cc1cc(COc2ccccc2CC(C)N)on1. The monoisotopic (exact) mass is 246 g/mol. The zero-order chi connectivity index (χ0) is 13.0. The Morgan fingerprint density at radius 2 is 2.17 bits per heavy atom. The summed E-state index contributed by atoms with van der Waals surface area (Å²) in [4.78, 5) is 0. The second-order valence-corrected chi connectivity index (χ2v) is 4.51. The summed E-state index contributed by atoms with van der Waals surface area (Å²) in [7, 11) is 0. The molecule has 18 heavy (non-hydrogen) atoms. The molecule has 4 heteroatoms. The lowest BCUT2D eigenvalue weighted by molar-refractivity contribution is 0.246. The first-order valence-corrected chi connectivity index (χ1v) is 6.03. The van der Waals surface area contributed by atoms with Crippen molar-refractivity contribution in [3.63, 3.8) is 0 Å². The Balaban J connectivity index is 2.04. The average molecular weight is 246 g/mol. The van der Waals surface area contributed by atoms with Crippen LogP contribution in [0.2, 0.25) is 0 Å². The number of hydrogen-bond donors (Lipinski definition) is 1. The maximum atomic E-state index is 5.82. The van der Waals surface area contributed by atoms with Crippen molar-refractivity contribution in [3.8, 4) is 5.75 Å². The molecule has 0 aliphatic rings. The van der Waals surface area contributed by atoms with Crippen molar-refractivity contribution < 1.29 is 9.26 Å². The molecule has 1 atom stereocenters. The van der Waals surface area contributed by atoms with Gasteiger partial charge in [-0.1, -0.05) is 23.4 Å². The summed E-state index contributed by atoms with van der Waals surface area (Å²) >= 11 is 0. The Morgan fingerprint density at radius 1 is 1.39 bits per heavy atom. The van der Waals surface area contributed by atoms with E-state index in [1.165, 1.54) is 0 Å². The van der Waals surface area contributed by atoms with Gasteiger partial charge in [0.15, 0.2) is 5.76 Å². The molecule has 1 heterocycles. The number of nitrogens with two attached hydrogens (primary N) is 1. The zero-order valence-corrected chi connectivity index (χ0v) is 10.7. The van der Waals surface area contributed by atoms with Gasteiger partial charge in [0.25, 0.3) is 0 Å². The highest BCUT2D eigenvalue weighted by atomic mass is 16.5. The van der Waals surface area contributed by atoms with Gasteiger partial charge < -0.3 is 15.0 Å². The van der Waals surface area contributed by atoms with Crippen LogP contribution in [0.5, 0.6) is 5.75 Å². The first kappa shape index (κ1) is 12.6. The minimum Gasteiger partial charge on any atom is -0.485 e. The van der Waals surface area contributed by atoms with Crippen molar-refractivity contribution in [2.24, 2.45) is 5.73 Å². The quantitative estimate of drug-likeness (QED) is 0.880. The number of benzene rings is 1. The van der Waals surface area contributed by atoms with Gasteiger partial charge in [-0.05, 0) is 31.9 Å². The molecule has 0 spiro atoms. The van der Waals surface area contributed by atoms with E-state index in [0.29, 0.717) is 6.61 Å². The van der Waals surface area contributed by atoms with Crippen molar-refractivity contribution >= 4 is 0 Å². The van der Waals surface area contributed by atoms with Gasteiger partial charge in [0.1, 0.15) is 12.4 Å². The summed E-state index contributed by atoms with van der Waals surface area (Å²) in [6.45, 7) is 4.25. The highest BCUT2D eigenvalue weighted by Gasteiger charge is 2.07. The standard InChI is InChI=1S/C14H18N2O2/c1-10(15)7-12-5-3-4-6-14(12)17-9-13-8-11(2)16-18-13/h3-6,8,10H,7,9,15H2,1-2H3. The lowest BCUT2D eigenvalue weighted by atomic mass is 10.1. The lowest BCUT2D eigenvalue weighted by Gasteiger charge is -2.11. The first-order valence-electron chi connectivity index (χ1n) is 6.03. The average Bonchev–Trinajstić information content (AvgIpc) is 2.73. The fourth-order valence-electron chi connectivity index (χ4n) is 1.79. The molecule has 2 aromatic rings. The number of para-hydroxylation sites is 1. The predicted octanol–water partition coefficient (Wildman–Crippen LogP) is 2.45. The third-order valence-electron chi connectivity index (χ3n) is 2.56.